The number of amides is 1. The number of nitrogens with zero attached hydrogens (tertiary/aromatic N) is 2. The van der Waals surface area contributed by atoms with Gasteiger partial charge < -0.3 is 14.6 Å². The fraction of sp³-hybridized carbons (Fsp3) is 0.389. The molecule has 1 aromatic heterocycles. The Kier molecular flexibility index (Phi) is 4.03. The topological polar surface area (TPSA) is 45.5 Å². The molecule has 0 bridgehead atoms. The predicted octanol–water partition coefficient (Wildman–Crippen LogP) is 2.55. The van der Waals surface area contributed by atoms with Crippen molar-refractivity contribution in [2.45, 2.75) is 20.3 Å². The van der Waals surface area contributed by atoms with E-state index < -0.39 is 0 Å². The number of rotatable bonds is 3. The van der Waals surface area contributed by atoms with E-state index in [-0.39, 0.29) is 18.4 Å². The number of aromatic nitrogens is 1. The first-order valence-corrected chi connectivity index (χ1v) is 7.75. The summed E-state index contributed by atoms with van der Waals surface area (Å²) >= 11 is 0. The van der Waals surface area contributed by atoms with Crippen LogP contribution in [0.25, 0.3) is 5.69 Å². The highest BCUT2D eigenvalue weighted by Gasteiger charge is 2.26. The zero-order valence-corrected chi connectivity index (χ0v) is 13.1. The predicted molar refractivity (Wildman–Crippen MR) is 86.3 cm³/mol. The first-order valence-electron chi connectivity index (χ1n) is 7.75. The molecule has 1 aliphatic heterocycles. The van der Waals surface area contributed by atoms with Gasteiger partial charge in [-0.25, -0.2) is 0 Å². The van der Waals surface area contributed by atoms with Gasteiger partial charge in [0, 0.05) is 48.3 Å². The third kappa shape index (κ3) is 2.66. The SMILES string of the molecule is Cc1ccc(C)n1-c1ccc(C(=O)N2CCC(CO)C2)cc1. The van der Waals surface area contributed by atoms with Crippen molar-refractivity contribution in [3.8, 4) is 5.69 Å². The number of hydrogen-bond donors (Lipinski definition) is 1. The van der Waals surface area contributed by atoms with Crippen LogP contribution in [-0.2, 0) is 0 Å². The van der Waals surface area contributed by atoms with Gasteiger partial charge in [0.1, 0.15) is 0 Å². The second-order valence-electron chi connectivity index (χ2n) is 6.09. The molecular formula is C18H22N2O2. The van der Waals surface area contributed by atoms with Crippen LogP contribution < -0.4 is 0 Å². The van der Waals surface area contributed by atoms with Crippen LogP contribution in [0, 0.1) is 19.8 Å². The summed E-state index contributed by atoms with van der Waals surface area (Å²) in [5, 5.41) is 9.19. The molecule has 1 amide bonds. The van der Waals surface area contributed by atoms with Gasteiger partial charge in [0.15, 0.2) is 0 Å². The summed E-state index contributed by atoms with van der Waals surface area (Å²) in [7, 11) is 0. The Labute approximate surface area is 131 Å². The number of likely N-dealkylation sites (tertiary alicyclic amines) is 1. The molecule has 1 fully saturated rings. The van der Waals surface area contributed by atoms with Crippen molar-refractivity contribution < 1.29 is 9.90 Å². The first-order chi connectivity index (χ1) is 10.6. The van der Waals surface area contributed by atoms with Crippen molar-refractivity contribution in [1.29, 1.82) is 0 Å². The molecular weight excluding hydrogens is 276 g/mol. The number of aryl methyl sites for hydroxylation is 2. The second-order valence-corrected chi connectivity index (χ2v) is 6.09. The zero-order valence-electron chi connectivity index (χ0n) is 13.1. The molecule has 4 nitrogen and oxygen atoms in total. The lowest BCUT2D eigenvalue weighted by molar-refractivity contribution is 0.0782. The van der Waals surface area contributed by atoms with Crippen molar-refractivity contribution in [3.05, 3.63) is 53.3 Å². The van der Waals surface area contributed by atoms with E-state index in [0.29, 0.717) is 12.1 Å². The summed E-state index contributed by atoms with van der Waals surface area (Å²) in [5.41, 5.74) is 4.15. The Morgan fingerprint density at radius 3 is 2.32 bits per heavy atom. The van der Waals surface area contributed by atoms with Crippen LogP contribution in [0.2, 0.25) is 0 Å². The molecule has 1 saturated heterocycles. The minimum Gasteiger partial charge on any atom is -0.396 e. The van der Waals surface area contributed by atoms with Crippen molar-refractivity contribution in [3.63, 3.8) is 0 Å². The van der Waals surface area contributed by atoms with Crippen molar-refractivity contribution >= 4 is 5.91 Å². The van der Waals surface area contributed by atoms with Crippen LogP contribution in [0.15, 0.2) is 36.4 Å². The number of benzene rings is 1. The maximum atomic E-state index is 12.5. The maximum absolute atomic E-state index is 12.5. The second kappa shape index (κ2) is 5.97. The molecule has 116 valence electrons. The summed E-state index contributed by atoms with van der Waals surface area (Å²) in [6.45, 7) is 5.71. The van der Waals surface area contributed by atoms with E-state index in [1.54, 1.807) is 0 Å². The van der Waals surface area contributed by atoms with Gasteiger partial charge in [-0.3, -0.25) is 4.79 Å². The van der Waals surface area contributed by atoms with Gasteiger partial charge in [0.25, 0.3) is 5.91 Å². The molecule has 0 radical (unpaired) electrons. The summed E-state index contributed by atoms with van der Waals surface area (Å²) < 4.78 is 2.17. The van der Waals surface area contributed by atoms with Crippen molar-refractivity contribution in [2.24, 2.45) is 5.92 Å². The number of carbonyl (C=O) groups excluding carboxylic acids is 1. The van der Waals surface area contributed by atoms with Crippen LogP contribution >= 0.6 is 0 Å². The van der Waals surface area contributed by atoms with E-state index in [9.17, 15) is 9.90 Å². The molecule has 0 aliphatic carbocycles. The fourth-order valence-corrected chi connectivity index (χ4v) is 3.18. The third-order valence-corrected chi connectivity index (χ3v) is 4.47. The van der Waals surface area contributed by atoms with Gasteiger partial charge in [-0.05, 0) is 56.7 Å². The van der Waals surface area contributed by atoms with Gasteiger partial charge in [-0.15, -0.1) is 0 Å². The molecule has 1 unspecified atom stereocenters. The quantitative estimate of drug-likeness (QED) is 0.946. The number of aliphatic hydroxyl groups is 1. The van der Waals surface area contributed by atoms with Gasteiger partial charge in [0.2, 0.25) is 0 Å². The van der Waals surface area contributed by atoms with E-state index >= 15 is 0 Å². The molecule has 3 rings (SSSR count). The van der Waals surface area contributed by atoms with Gasteiger partial charge in [-0.1, -0.05) is 0 Å². The summed E-state index contributed by atoms with van der Waals surface area (Å²) in [6, 6.07) is 12.0. The van der Waals surface area contributed by atoms with Gasteiger partial charge in [0.05, 0.1) is 0 Å². The Balaban J connectivity index is 1.79. The third-order valence-electron chi connectivity index (χ3n) is 4.47. The molecule has 1 N–H and O–H groups in total. The lowest BCUT2D eigenvalue weighted by atomic mass is 10.1. The van der Waals surface area contributed by atoms with Crippen LogP contribution in [0.3, 0.4) is 0 Å². The number of carbonyl (C=O) groups is 1. The molecule has 1 aromatic carbocycles. The van der Waals surface area contributed by atoms with Gasteiger partial charge in [-0.2, -0.15) is 0 Å². The lowest BCUT2D eigenvalue weighted by Crippen LogP contribution is -2.29. The van der Waals surface area contributed by atoms with Crippen LogP contribution in [0.1, 0.15) is 28.2 Å². The average Bonchev–Trinajstić information content (AvgIpc) is 3.14. The van der Waals surface area contributed by atoms with Crippen LogP contribution in [0.5, 0.6) is 0 Å². The molecule has 0 saturated carbocycles. The fourth-order valence-electron chi connectivity index (χ4n) is 3.18. The van der Waals surface area contributed by atoms with Crippen molar-refractivity contribution in [1.82, 2.24) is 9.47 Å². The van der Waals surface area contributed by atoms with E-state index in [1.807, 2.05) is 29.2 Å². The standard InChI is InChI=1S/C18H22N2O2/c1-13-3-4-14(2)20(13)17-7-5-16(6-8-17)18(22)19-10-9-15(11-19)12-21/h3-8,15,21H,9-12H2,1-2H3. The Morgan fingerprint density at radius 2 is 1.77 bits per heavy atom. The molecule has 2 heterocycles. The summed E-state index contributed by atoms with van der Waals surface area (Å²) in [6.07, 6.45) is 0.891. The van der Waals surface area contributed by atoms with E-state index in [0.717, 1.165) is 18.7 Å². The Bertz CT molecular complexity index is 653. The highest BCUT2D eigenvalue weighted by atomic mass is 16.3. The normalized spacial score (nSPS) is 18.0. The summed E-state index contributed by atoms with van der Waals surface area (Å²) in [5.74, 6) is 0.289. The summed E-state index contributed by atoms with van der Waals surface area (Å²) in [4.78, 5) is 14.3. The molecule has 0 spiro atoms. The minimum absolute atomic E-state index is 0.0588. The monoisotopic (exact) mass is 298 g/mol. The number of aliphatic hydroxyl groups excluding tert-OH is 1. The van der Waals surface area contributed by atoms with Gasteiger partial charge >= 0.3 is 0 Å². The van der Waals surface area contributed by atoms with E-state index in [1.165, 1.54) is 11.4 Å². The van der Waals surface area contributed by atoms with E-state index in [2.05, 4.69) is 30.5 Å². The smallest absolute Gasteiger partial charge is 0.253 e. The molecule has 4 heteroatoms. The molecule has 1 atom stereocenters. The Hall–Kier alpha value is -2.07. The van der Waals surface area contributed by atoms with Crippen LogP contribution in [0.4, 0.5) is 0 Å². The highest BCUT2D eigenvalue weighted by Crippen LogP contribution is 2.20. The van der Waals surface area contributed by atoms with Crippen LogP contribution in [-0.4, -0.2) is 40.2 Å². The molecule has 1 aliphatic rings. The maximum Gasteiger partial charge on any atom is 0.253 e. The highest BCUT2D eigenvalue weighted by molar-refractivity contribution is 5.94. The minimum atomic E-state index is 0.0588. The molecule has 2 aromatic rings. The lowest BCUT2D eigenvalue weighted by Gasteiger charge is -2.17. The first kappa shape index (κ1) is 14.9. The van der Waals surface area contributed by atoms with Crippen molar-refractivity contribution in [2.75, 3.05) is 19.7 Å². The largest absolute Gasteiger partial charge is 0.396 e. The average molecular weight is 298 g/mol. The number of hydrogen-bond acceptors (Lipinski definition) is 2. The zero-order chi connectivity index (χ0) is 15.7. The molecule has 22 heavy (non-hydrogen) atoms. The van der Waals surface area contributed by atoms with E-state index in [4.69, 9.17) is 0 Å². The Morgan fingerprint density at radius 1 is 1.14 bits per heavy atom.